The Bertz CT molecular complexity index is 1740. The van der Waals surface area contributed by atoms with Crippen molar-refractivity contribution >= 4 is 34.4 Å². The van der Waals surface area contributed by atoms with Gasteiger partial charge in [-0.3, -0.25) is 9.59 Å². The number of unbranched alkanes of at least 4 members (excludes halogenated alkanes) is 5. The SMILES string of the molecule is C#Cc1ccccc1C(C(=O)Nc1ccc2ccccc2c1)N(CCCCCCCC)C(=O)C(Cc1ccccc1)NC(=O)OC(C)(C)C. The molecule has 0 aliphatic carbocycles. The lowest BCUT2D eigenvalue weighted by Gasteiger charge is -2.35. The van der Waals surface area contributed by atoms with Crippen LogP contribution in [-0.4, -0.2) is 41.0 Å². The fourth-order valence-corrected chi connectivity index (χ4v) is 5.92. The number of hydrogen-bond acceptors (Lipinski definition) is 4. The van der Waals surface area contributed by atoms with Gasteiger partial charge in [-0.15, -0.1) is 6.42 Å². The lowest BCUT2D eigenvalue weighted by Crippen LogP contribution is -2.53. The van der Waals surface area contributed by atoms with E-state index < -0.39 is 35.6 Å². The van der Waals surface area contributed by atoms with Crippen LogP contribution in [0.3, 0.4) is 0 Å². The minimum atomic E-state index is -1.07. The Balaban J connectivity index is 1.77. The van der Waals surface area contributed by atoms with E-state index in [-0.39, 0.29) is 6.42 Å². The van der Waals surface area contributed by atoms with E-state index in [2.05, 4.69) is 23.5 Å². The Morgan fingerprint density at radius 3 is 2.18 bits per heavy atom. The normalized spacial score (nSPS) is 12.4. The van der Waals surface area contributed by atoms with Gasteiger partial charge >= 0.3 is 6.09 Å². The van der Waals surface area contributed by atoms with E-state index in [0.29, 0.717) is 29.8 Å². The fraction of sp³-hybridized carbons (Fsp3) is 0.357. The second kappa shape index (κ2) is 17.9. The Hall–Kier alpha value is -5.09. The quantitative estimate of drug-likeness (QED) is 0.0986. The van der Waals surface area contributed by atoms with Crippen LogP contribution < -0.4 is 10.6 Å². The zero-order valence-electron chi connectivity index (χ0n) is 29.2. The predicted octanol–water partition coefficient (Wildman–Crippen LogP) is 8.83. The summed E-state index contributed by atoms with van der Waals surface area (Å²) in [6.45, 7) is 7.79. The molecule has 4 aromatic rings. The van der Waals surface area contributed by atoms with E-state index in [4.69, 9.17) is 11.2 Å². The molecule has 0 saturated heterocycles. The molecule has 0 fully saturated rings. The Morgan fingerprint density at radius 1 is 0.816 bits per heavy atom. The van der Waals surface area contributed by atoms with Gasteiger partial charge in [-0.05, 0) is 67.3 Å². The van der Waals surface area contributed by atoms with Crippen molar-refractivity contribution in [3.8, 4) is 12.3 Å². The second-order valence-electron chi connectivity index (χ2n) is 13.4. The van der Waals surface area contributed by atoms with Gasteiger partial charge in [0, 0.05) is 24.2 Å². The summed E-state index contributed by atoms with van der Waals surface area (Å²) in [6.07, 6.45) is 11.4. The highest BCUT2D eigenvalue weighted by Crippen LogP contribution is 2.29. The van der Waals surface area contributed by atoms with E-state index in [1.807, 2.05) is 84.9 Å². The van der Waals surface area contributed by atoms with Crippen LogP contribution in [0.2, 0.25) is 0 Å². The molecule has 4 rings (SSSR count). The van der Waals surface area contributed by atoms with E-state index in [0.717, 1.165) is 48.4 Å². The van der Waals surface area contributed by atoms with Crippen molar-refractivity contribution in [1.29, 1.82) is 0 Å². The summed E-state index contributed by atoms with van der Waals surface area (Å²) in [5, 5.41) is 7.95. The highest BCUT2D eigenvalue weighted by molar-refractivity contribution is 6.00. The standard InChI is InChI=1S/C42H49N3O4/c1-6-8-9-10-11-19-28-45(40(47)37(29-31-20-13-12-14-21-31)44-41(48)49-42(3,4)5)38(36-25-18-17-22-32(36)7-2)39(46)43-35-27-26-33-23-15-16-24-34(33)30-35/h2,12-18,20-27,30,37-38H,6,8-11,19,28-29H2,1,3-5H3,(H,43,46)(H,44,48). The van der Waals surface area contributed by atoms with E-state index in [9.17, 15) is 14.4 Å². The first kappa shape index (κ1) is 36.7. The number of benzene rings is 4. The number of alkyl carbamates (subject to hydrolysis) is 1. The second-order valence-corrected chi connectivity index (χ2v) is 13.4. The van der Waals surface area contributed by atoms with Crippen molar-refractivity contribution in [1.82, 2.24) is 10.2 Å². The first-order valence-electron chi connectivity index (χ1n) is 17.3. The molecular weight excluding hydrogens is 610 g/mol. The maximum atomic E-state index is 14.9. The van der Waals surface area contributed by atoms with Crippen molar-refractivity contribution in [3.63, 3.8) is 0 Å². The van der Waals surface area contributed by atoms with Crippen molar-refractivity contribution in [2.24, 2.45) is 0 Å². The maximum Gasteiger partial charge on any atom is 0.408 e. The van der Waals surface area contributed by atoms with Crippen LogP contribution >= 0.6 is 0 Å². The van der Waals surface area contributed by atoms with E-state index in [1.54, 1.807) is 37.8 Å². The number of carbonyl (C=O) groups excluding carboxylic acids is 3. The summed E-state index contributed by atoms with van der Waals surface area (Å²) in [5.41, 5.74) is 1.75. The highest BCUT2D eigenvalue weighted by Gasteiger charge is 2.37. The molecule has 49 heavy (non-hydrogen) atoms. The number of hydrogen-bond donors (Lipinski definition) is 2. The smallest absolute Gasteiger partial charge is 0.408 e. The van der Waals surface area contributed by atoms with Gasteiger partial charge < -0.3 is 20.3 Å². The molecule has 2 atom stereocenters. The van der Waals surface area contributed by atoms with Crippen LogP contribution in [-0.2, 0) is 20.7 Å². The predicted molar refractivity (Wildman–Crippen MR) is 198 cm³/mol. The summed E-state index contributed by atoms with van der Waals surface area (Å²) in [7, 11) is 0. The maximum absolute atomic E-state index is 14.9. The van der Waals surface area contributed by atoms with E-state index in [1.165, 1.54) is 0 Å². The van der Waals surface area contributed by atoms with Gasteiger partial charge in [0.1, 0.15) is 17.7 Å². The number of terminal acetylenes is 1. The average molecular weight is 660 g/mol. The molecule has 0 saturated carbocycles. The Kier molecular flexibility index (Phi) is 13.4. The van der Waals surface area contributed by atoms with Gasteiger partial charge in [-0.25, -0.2) is 4.79 Å². The molecule has 0 spiro atoms. The van der Waals surface area contributed by atoms with Gasteiger partial charge in [-0.1, -0.05) is 124 Å². The number of fused-ring (bicyclic) bond motifs is 1. The number of nitrogens with zero attached hydrogens (tertiary/aromatic N) is 1. The molecule has 256 valence electrons. The number of ether oxygens (including phenoxy) is 1. The molecule has 2 N–H and O–H groups in total. The Labute approximate surface area is 291 Å². The molecule has 2 unspecified atom stereocenters. The van der Waals surface area contributed by atoms with Gasteiger partial charge in [0.15, 0.2) is 0 Å². The molecular formula is C42H49N3O4. The van der Waals surface area contributed by atoms with Gasteiger partial charge in [0.25, 0.3) is 5.91 Å². The fourth-order valence-electron chi connectivity index (χ4n) is 5.92. The third kappa shape index (κ3) is 11.0. The van der Waals surface area contributed by atoms with Crippen LogP contribution in [0, 0.1) is 12.3 Å². The molecule has 0 heterocycles. The summed E-state index contributed by atoms with van der Waals surface area (Å²) in [6, 6.07) is 28.3. The minimum Gasteiger partial charge on any atom is -0.444 e. The lowest BCUT2D eigenvalue weighted by atomic mass is 9.96. The topological polar surface area (TPSA) is 87.7 Å². The zero-order chi connectivity index (χ0) is 35.2. The zero-order valence-corrected chi connectivity index (χ0v) is 29.2. The summed E-state index contributed by atoms with van der Waals surface area (Å²) in [4.78, 5) is 44.2. The van der Waals surface area contributed by atoms with Crippen molar-refractivity contribution in [3.05, 3.63) is 114 Å². The molecule has 0 radical (unpaired) electrons. The van der Waals surface area contributed by atoms with Gasteiger partial charge in [-0.2, -0.15) is 0 Å². The van der Waals surface area contributed by atoms with E-state index >= 15 is 0 Å². The molecule has 0 aliphatic rings. The van der Waals surface area contributed by atoms with Crippen molar-refractivity contribution in [2.75, 3.05) is 11.9 Å². The summed E-state index contributed by atoms with van der Waals surface area (Å²) >= 11 is 0. The molecule has 0 bridgehead atoms. The Morgan fingerprint density at radius 2 is 1.47 bits per heavy atom. The number of nitrogens with one attached hydrogen (secondary N) is 2. The van der Waals surface area contributed by atoms with Crippen molar-refractivity contribution < 1.29 is 19.1 Å². The summed E-state index contributed by atoms with van der Waals surface area (Å²) in [5.74, 6) is 1.93. The third-order valence-corrected chi connectivity index (χ3v) is 8.30. The number of anilines is 1. The minimum absolute atomic E-state index is 0.210. The van der Waals surface area contributed by atoms with Crippen LogP contribution in [0.5, 0.6) is 0 Å². The monoisotopic (exact) mass is 659 g/mol. The number of amides is 3. The van der Waals surface area contributed by atoms with Gasteiger partial charge in [0.2, 0.25) is 5.91 Å². The molecule has 0 aliphatic heterocycles. The molecule has 7 heteroatoms. The van der Waals surface area contributed by atoms with Crippen molar-refractivity contribution in [2.45, 2.75) is 90.3 Å². The molecule has 0 aromatic heterocycles. The number of rotatable bonds is 15. The largest absolute Gasteiger partial charge is 0.444 e. The molecule has 7 nitrogen and oxygen atoms in total. The first-order valence-corrected chi connectivity index (χ1v) is 17.3. The van der Waals surface area contributed by atoms with Crippen LogP contribution in [0.25, 0.3) is 10.8 Å². The molecule has 4 aromatic carbocycles. The average Bonchev–Trinajstić information content (AvgIpc) is 3.08. The lowest BCUT2D eigenvalue weighted by molar-refractivity contribution is -0.140. The third-order valence-electron chi connectivity index (χ3n) is 8.30. The van der Waals surface area contributed by atoms with Crippen LogP contribution in [0.15, 0.2) is 97.1 Å². The summed E-state index contributed by atoms with van der Waals surface area (Å²) < 4.78 is 5.59. The van der Waals surface area contributed by atoms with Crippen LogP contribution in [0.1, 0.15) is 89.0 Å². The van der Waals surface area contributed by atoms with Crippen LogP contribution in [0.4, 0.5) is 10.5 Å². The number of carbonyl (C=O) groups is 3. The highest BCUT2D eigenvalue weighted by atomic mass is 16.6. The van der Waals surface area contributed by atoms with Gasteiger partial charge in [0.05, 0.1) is 0 Å². The first-order chi connectivity index (χ1) is 23.6. The molecule has 3 amide bonds.